The molecular weight excluding hydrogens is 376 g/mol. The zero-order chi connectivity index (χ0) is 20.8. The molecule has 1 unspecified atom stereocenters. The van der Waals surface area contributed by atoms with E-state index in [1.165, 1.54) is 12.0 Å². The van der Waals surface area contributed by atoms with E-state index in [1.807, 2.05) is 15.9 Å². The van der Waals surface area contributed by atoms with Crippen LogP contribution < -0.4 is 0 Å². The standard InChI is InChI=1S/C24H36N4O2/c29-23(27-12-5-2-6-13-27)20-25-14-16-28(17-15-25)24(30)22-10-7-11-26(19-22)18-21-8-3-1-4-9-21/h1,3-4,8-9,22H,2,5-7,10-20H2. The van der Waals surface area contributed by atoms with Crippen LogP contribution in [0.25, 0.3) is 0 Å². The topological polar surface area (TPSA) is 47.1 Å². The van der Waals surface area contributed by atoms with Crippen molar-refractivity contribution in [3.05, 3.63) is 35.9 Å². The van der Waals surface area contributed by atoms with Crippen LogP contribution in [0.2, 0.25) is 0 Å². The lowest BCUT2D eigenvalue weighted by molar-refractivity contribution is -0.140. The maximum absolute atomic E-state index is 13.1. The van der Waals surface area contributed by atoms with Gasteiger partial charge in [-0.15, -0.1) is 0 Å². The van der Waals surface area contributed by atoms with Gasteiger partial charge in [0, 0.05) is 52.4 Å². The predicted molar refractivity (Wildman–Crippen MR) is 118 cm³/mol. The van der Waals surface area contributed by atoms with Crippen molar-refractivity contribution in [1.29, 1.82) is 0 Å². The van der Waals surface area contributed by atoms with Gasteiger partial charge in [-0.2, -0.15) is 0 Å². The molecule has 164 valence electrons. The van der Waals surface area contributed by atoms with Crippen molar-refractivity contribution in [2.24, 2.45) is 5.92 Å². The van der Waals surface area contributed by atoms with Crippen LogP contribution in [-0.2, 0) is 16.1 Å². The number of benzene rings is 1. The number of likely N-dealkylation sites (tertiary alicyclic amines) is 2. The maximum Gasteiger partial charge on any atom is 0.236 e. The van der Waals surface area contributed by atoms with Crippen LogP contribution >= 0.6 is 0 Å². The molecule has 1 aromatic rings. The molecule has 3 heterocycles. The predicted octanol–water partition coefficient (Wildman–Crippen LogP) is 2.06. The molecule has 0 spiro atoms. The first-order valence-corrected chi connectivity index (χ1v) is 11.7. The highest BCUT2D eigenvalue weighted by Gasteiger charge is 2.31. The first-order chi connectivity index (χ1) is 14.7. The van der Waals surface area contributed by atoms with Gasteiger partial charge in [0.15, 0.2) is 0 Å². The van der Waals surface area contributed by atoms with E-state index in [1.54, 1.807) is 0 Å². The zero-order valence-electron chi connectivity index (χ0n) is 18.2. The molecule has 0 bridgehead atoms. The summed E-state index contributed by atoms with van der Waals surface area (Å²) in [7, 11) is 0. The van der Waals surface area contributed by atoms with Crippen molar-refractivity contribution in [2.75, 3.05) is 58.9 Å². The molecule has 1 aromatic carbocycles. The third-order valence-electron chi connectivity index (χ3n) is 6.86. The Balaban J connectivity index is 1.22. The normalized spacial score (nSPS) is 24.1. The van der Waals surface area contributed by atoms with Gasteiger partial charge in [0.25, 0.3) is 0 Å². The van der Waals surface area contributed by atoms with Crippen LogP contribution in [0.1, 0.15) is 37.7 Å². The third-order valence-corrected chi connectivity index (χ3v) is 6.86. The highest BCUT2D eigenvalue weighted by Crippen LogP contribution is 2.21. The van der Waals surface area contributed by atoms with Crippen molar-refractivity contribution < 1.29 is 9.59 Å². The first kappa shape index (κ1) is 21.3. The second kappa shape index (κ2) is 10.4. The molecule has 4 rings (SSSR count). The van der Waals surface area contributed by atoms with E-state index in [2.05, 4.69) is 34.1 Å². The minimum absolute atomic E-state index is 0.115. The number of hydrogen-bond acceptors (Lipinski definition) is 4. The van der Waals surface area contributed by atoms with Gasteiger partial charge >= 0.3 is 0 Å². The van der Waals surface area contributed by atoms with Gasteiger partial charge in [-0.25, -0.2) is 0 Å². The molecule has 0 N–H and O–H groups in total. The summed E-state index contributed by atoms with van der Waals surface area (Å²) in [5.41, 5.74) is 1.32. The molecule has 1 atom stereocenters. The summed E-state index contributed by atoms with van der Waals surface area (Å²) >= 11 is 0. The van der Waals surface area contributed by atoms with Crippen LogP contribution in [-0.4, -0.2) is 90.3 Å². The molecule has 0 saturated carbocycles. The van der Waals surface area contributed by atoms with E-state index in [-0.39, 0.29) is 11.8 Å². The van der Waals surface area contributed by atoms with E-state index in [4.69, 9.17) is 0 Å². The summed E-state index contributed by atoms with van der Waals surface area (Å²) in [5, 5.41) is 0. The Kier molecular flexibility index (Phi) is 7.39. The largest absolute Gasteiger partial charge is 0.342 e. The van der Waals surface area contributed by atoms with Crippen molar-refractivity contribution in [1.82, 2.24) is 19.6 Å². The first-order valence-electron chi connectivity index (χ1n) is 11.7. The molecule has 2 amide bonds. The molecule has 3 saturated heterocycles. The van der Waals surface area contributed by atoms with Crippen LogP contribution in [0, 0.1) is 5.92 Å². The Labute approximate surface area is 180 Å². The number of piperidine rings is 2. The lowest BCUT2D eigenvalue weighted by Gasteiger charge is -2.39. The fourth-order valence-electron chi connectivity index (χ4n) is 5.06. The highest BCUT2D eigenvalue weighted by molar-refractivity contribution is 5.80. The van der Waals surface area contributed by atoms with Gasteiger partial charge in [0.1, 0.15) is 0 Å². The fraction of sp³-hybridized carbons (Fsp3) is 0.667. The Morgan fingerprint density at radius 3 is 2.23 bits per heavy atom. The summed E-state index contributed by atoms with van der Waals surface area (Å²) < 4.78 is 0. The van der Waals surface area contributed by atoms with Crippen LogP contribution in [0.5, 0.6) is 0 Å². The lowest BCUT2D eigenvalue weighted by atomic mass is 9.95. The molecule has 0 radical (unpaired) electrons. The van der Waals surface area contributed by atoms with Gasteiger partial charge in [-0.1, -0.05) is 30.3 Å². The number of rotatable bonds is 5. The molecule has 3 fully saturated rings. The number of amides is 2. The van der Waals surface area contributed by atoms with Gasteiger partial charge in [-0.05, 0) is 44.2 Å². The summed E-state index contributed by atoms with van der Waals surface area (Å²) in [4.78, 5) is 34.4. The second-order valence-electron chi connectivity index (χ2n) is 9.10. The third kappa shape index (κ3) is 5.61. The number of carbonyl (C=O) groups is 2. The van der Waals surface area contributed by atoms with Crippen molar-refractivity contribution in [2.45, 2.75) is 38.6 Å². The second-order valence-corrected chi connectivity index (χ2v) is 9.10. The van der Waals surface area contributed by atoms with Crippen molar-refractivity contribution >= 4 is 11.8 Å². The average Bonchev–Trinajstić information content (AvgIpc) is 2.80. The SMILES string of the molecule is O=C(CN1CCN(C(=O)C2CCCN(Cc3ccccc3)C2)CC1)N1CCCCC1. The van der Waals surface area contributed by atoms with Crippen LogP contribution in [0.15, 0.2) is 30.3 Å². The molecule has 3 aliphatic heterocycles. The maximum atomic E-state index is 13.1. The van der Waals surface area contributed by atoms with Gasteiger partial charge in [0.2, 0.25) is 11.8 Å². The molecular formula is C24H36N4O2. The van der Waals surface area contributed by atoms with Gasteiger partial charge in [-0.3, -0.25) is 19.4 Å². The van der Waals surface area contributed by atoms with E-state index < -0.39 is 0 Å². The van der Waals surface area contributed by atoms with E-state index >= 15 is 0 Å². The van der Waals surface area contributed by atoms with Crippen LogP contribution in [0.3, 0.4) is 0 Å². The molecule has 3 aliphatic rings. The summed E-state index contributed by atoms with van der Waals surface area (Å²) in [6.45, 7) is 8.33. The molecule has 6 nitrogen and oxygen atoms in total. The lowest BCUT2D eigenvalue weighted by Crippen LogP contribution is -2.54. The van der Waals surface area contributed by atoms with E-state index in [0.29, 0.717) is 12.5 Å². The van der Waals surface area contributed by atoms with E-state index in [9.17, 15) is 9.59 Å². The monoisotopic (exact) mass is 412 g/mol. The molecule has 0 aliphatic carbocycles. The smallest absolute Gasteiger partial charge is 0.236 e. The Bertz CT molecular complexity index is 696. The highest BCUT2D eigenvalue weighted by atomic mass is 16.2. The van der Waals surface area contributed by atoms with Gasteiger partial charge in [0.05, 0.1) is 12.5 Å². The van der Waals surface area contributed by atoms with Crippen molar-refractivity contribution in [3.63, 3.8) is 0 Å². The van der Waals surface area contributed by atoms with Crippen LogP contribution in [0.4, 0.5) is 0 Å². The van der Waals surface area contributed by atoms with Gasteiger partial charge < -0.3 is 9.80 Å². The number of nitrogens with zero attached hydrogens (tertiary/aromatic N) is 4. The van der Waals surface area contributed by atoms with E-state index in [0.717, 1.165) is 84.6 Å². The minimum atomic E-state index is 0.115. The molecule has 0 aromatic heterocycles. The molecule has 6 heteroatoms. The number of carbonyl (C=O) groups excluding carboxylic acids is 2. The number of piperazine rings is 1. The summed E-state index contributed by atoms with van der Waals surface area (Å²) in [5.74, 6) is 0.692. The Morgan fingerprint density at radius 1 is 0.767 bits per heavy atom. The molecule has 30 heavy (non-hydrogen) atoms. The summed E-state index contributed by atoms with van der Waals surface area (Å²) in [6, 6.07) is 10.5. The van der Waals surface area contributed by atoms with Crippen molar-refractivity contribution in [3.8, 4) is 0 Å². The Morgan fingerprint density at radius 2 is 1.50 bits per heavy atom. The average molecular weight is 413 g/mol. The minimum Gasteiger partial charge on any atom is -0.342 e. The fourth-order valence-corrected chi connectivity index (χ4v) is 5.06. The number of hydrogen-bond donors (Lipinski definition) is 0. The quantitative estimate of drug-likeness (QED) is 0.743. The zero-order valence-corrected chi connectivity index (χ0v) is 18.2. The summed E-state index contributed by atoms with van der Waals surface area (Å²) in [6.07, 6.45) is 5.60. The Hall–Kier alpha value is -1.92.